The van der Waals surface area contributed by atoms with Gasteiger partial charge in [0.1, 0.15) is 13.1 Å². The van der Waals surface area contributed by atoms with Crippen molar-refractivity contribution in [1.29, 1.82) is 0 Å². The molecule has 0 saturated carbocycles. The second kappa shape index (κ2) is 10.3. The lowest BCUT2D eigenvalue weighted by Gasteiger charge is -2.22. The number of anilines is 1. The van der Waals surface area contributed by atoms with Crippen LogP contribution in [0.15, 0.2) is 73.1 Å². The summed E-state index contributed by atoms with van der Waals surface area (Å²) in [7, 11) is 0. The van der Waals surface area contributed by atoms with E-state index in [0.717, 1.165) is 11.1 Å². The molecule has 4 rings (SSSR count). The Morgan fingerprint density at radius 3 is 2.55 bits per heavy atom. The topological polar surface area (TPSA) is 82.6 Å². The molecule has 1 N–H and O–H groups in total. The maximum Gasteiger partial charge on any atom is 0.254 e. The maximum atomic E-state index is 13.1. The number of para-hydroxylation sites is 1. The predicted molar refractivity (Wildman–Crippen MR) is 126 cm³/mol. The van der Waals surface area contributed by atoms with Crippen LogP contribution in [-0.2, 0) is 22.6 Å². The molecular formula is C25H23ClN4O3. The van der Waals surface area contributed by atoms with Crippen molar-refractivity contribution in [1.82, 2.24) is 15.2 Å². The highest BCUT2D eigenvalue weighted by atomic mass is 35.5. The number of pyridine rings is 1. The van der Waals surface area contributed by atoms with Crippen LogP contribution in [-0.4, -0.2) is 47.2 Å². The summed E-state index contributed by atoms with van der Waals surface area (Å²) in [6, 6.07) is 17.7. The molecule has 0 fully saturated rings. The molecule has 0 spiro atoms. The molecule has 33 heavy (non-hydrogen) atoms. The molecule has 7 nitrogen and oxygen atoms in total. The Labute approximate surface area is 197 Å². The third-order valence-electron chi connectivity index (χ3n) is 5.41. The van der Waals surface area contributed by atoms with Crippen molar-refractivity contribution in [2.24, 2.45) is 0 Å². The van der Waals surface area contributed by atoms with Crippen molar-refractivity contribution < 1.29 is 14.4 Å². The normalized spacial score (nSPS) is 13.3. The van der Waals surface area contributed by atoms with Gasteiger partial charge < -0.3 is 15.1 Å². The monoisotopic (exact) mass is 462 g/mol. The van der Waals surface area contributed by atoms with Gasteiger partial charge in [0.05, 0.1) is 0 Å². The third kappa shape index (κ3) is 5.56. The van der Waals surface area contributed by atoms with Gasteiger partial charge in [0.2, 0.25) is 11.8 Å². The molecule has 3 amide bonds. The van der Waals surface area contributed by atoms with E-state index in [1.54, 1.807) is 42.7 Å². The van der Waals surface area contributed by atoms with Gasteiger partial charge in [-0.3, -0.25) is 19.4 Å². The standard InChI is InChI=1S/C25H23ClN4O3/c26-21-9-7-19(8-10-21)25(33)29-15-20-5-1-2-6-22(20)30(24(32)17-29)16-23(31)28-13-11-18-4-3-12-27-14-18/h1-10,12,14H,11,13,15-17H2,(H,28,31). The Morgan fingerprint density at radius 1 is 1.00 bits per heavy atom. The van der Waals surface area contributed by atoms with Gasteiger partial charge in [-0.25, -0.2) is 0 Å². The molecule has 2 aromatic carbocycles. The lowest BCUT2D eigenvalue weighted by Crippen LogP contribution is -2.44. The minimum Gasteiger partial charge on any atom is -0.354 e. The van der Waals surface area contributed by atoms with E-state index >= 15 is 0 Å². The molecule has 3 aromatic rings. The molecule has 0 saturated heterocycles. The van der Waals surface area contributed by atoms with Crippen molar-refractivity contribution in [3.8, 4) is 0 Å². The van der Waals surface area contributed by atoms with Crippen LogP contribution in [0.4, 0.5) is 5.69 Å². The van der Waals surface area contributed by atoms with Crippen molar-refractivity contribution in [3.05, 3.63) is 94.8 Å². The quantitative estimate of drug-likeness (QED) is 0.610. The molecule has 168 valence electrons. The molecule has 1 aromatic heterocycles. The fraction of sp³-hybridized carbons (Fsp3) is 0.200. The van der Waals surface area contributed by atoms with Gasteiger partial charge in [-0.05, 0) is 53.9 Å². The first-order valence-electron chi connectivity index (χ1n) is 10.6. The van der Waals surface area contributed by atoms with Crippen molar-refractivity contribution in [2.45, 2.75) is 13.0 Å². The van der Waals surface area contributed by atoms with Crippen molar-refractivity contribution in [3.63, 3.8) is 0 Å². The van der Waals surface area contributed by atoms with Crippen LogP contribution >= 0.6 is 11.6 Å². The Balaban J connectivity index is 1.46. The van der Waals surface area contributed by atoms with E-state index in [1.807, 2.05) is 30.3 Å². The molecule has 8 heteroatoms. The minimum atomic E-state index is -0.315. The number of carbonyl (C=O) groups excluding carboxylic acids is 3. The van der Waals surface area contributed by atoms with Crippen LogP contribution in [0.5, 0.6) is 0 Å². The van der Waals surface area contributed by atoms with E-state index < -0.39 is 0 Å². The fourth-order valence-corrected chi connectivity index (χ4v) is 3.86. The Kier molecular flexibility index (Phi) is 7.00. The van der Waals surface area contributed by atoms with Gasteiger partial charge in [0, 0.05) is 41.8 Å². The zero-order chi connectivity index (χ0) is 23.2. The number of rotatable bonds is 6. The van der Waals surface area contributed by atoms with Gasteiger partial charge in [-0.1, -0.05) is 35.9 Å². The average Bonchev–Trinajstić information content (AvgIpc) is 2.96. The Bertz CT molecular complexity index is 1150. The van der Waals surface area contributed by atoms with Crippen LogP contribution in [0.1, 0.15) is 21.5 Å². The average molecular weight is 463 g/mol. The van der Waals surface area contributed by atoms with Crippen LogP contribution in [0.2, 0.25) is 5.02 Å². The smallest absolute Gasteiger partial charge is 0.254 e. The second-order valence-corrected chi connectivity index (χ2v) is 8.17. The van der Waals surface area contributed by atoms with Crippen LogP contribution < -0.4 is 10.2 Å². The van der Waals surface area contributed by atoms with Crippen molar-refractivity contribution >= 4 is 35.0 Å². The summed E-state index contributed by atoms with van der Waals surface area (Å²) in [6.07, 6.45) is 4.10. The highest BCUT2D eigenvalue weighted by Crippen LogP contribution is 2.26. The predicted octanol–water partition coefficient (Wildman–Crippen LogP) is 3.08. The first kappa shape index (κ1) is 22.5. The summed E-state index contributed by atoms with van der Waals surface area (Å²) in [5.74, 6) is -0.846. The third-order valence-corrected chi connectivity index (χ3v) is 5.66. The summed E-state index contributed by atoms with van der Waals surface area (Å²) < 4.78 is 0. The van der Waals surface area contributed by atoms with E-state index in [4.69, 9.17) is 11.6 Å². The largest absolute Gasteiger partial charge is 0.354 e. The van der Waals surface area contributed by atoms with Gasteiger partial charge in [0.25, 0.3) is 5.91 Å². The van der Waals surface area contributed by atoms with Gasteiger partial charge in [0.15, 0.2) is 0 Å². The number of carbonyl (C=O) groups is 3. The number of nitrogens with zero attached hydrogens (tertiary/aromatic N) is 3. The van der Waals surface area contributed by atoms with Gasteiger partial charge in [-0.15, -0.1) is 0 Å². The fourth-order valence-electron chi connectivity index (χ4n) is 3.74. The first-order chi connectivity index (χ1) is 16.0. The van der Waals surface area contributed by atoms with Gasteiger partial charge >= 0.3 is 0 Å². The maximum absolute atomic E-state index is 13.1. The molecule has 0 aliphatic carbocycles. The lowest BCUT2D eigenvalue weighted by molar-refractivity contribution is -0.124. The number of fused-ring (bicyclic) bond motifs is 1. The van der Waals surface area contributed by atoms with Crippen LogP contribution in [0.25, 0.3) is 0 Å². The zero-order valence-electron chi connectivity index (χ0n) is 17.9. The molecule has 0 unspecified atom stereocenters. The number of hydrogen-bond donors (Lipinski definition) is 1. The molecule has 2 heterocycles. The SMILES string of the molecule is O=C(CN1C(=O)CN(C(=O)c2ccc(Cl)cc2)Cc2ccccc21)NCCc1cccnc1. The second-order valence-electron chi connectivity index (χ2n) is 7.74. The molecule has 0 radical (unpaired) electrons. The van der Waals surface area contributed by atoms with E-state index in [9.17, 15) is 14.4 Å². The van der Waals surface area contributed by atoms with Crippen LogP contribution in [0.3, 0.4) is 0 Å². The molecule has 1 aliphatic rings. The van der Waals surface area contributed by atoms with Crippen molar-refractivity contribution in [2.75, 3.05) is 24.5 Å². The number of nitrogens with one attached hydrogen (secondary N) is 1. The first-order valence-corrected chi connectivity index (χ1v) is 11.0. The molecule has 1 aliphatic heterocycles. The number of hydrogen-bond acceptors (Lipinski definition) is 4. The molecule has 0 bridgehead atoms. The summed E-state index contributed by atoms with van der Waals surface area (Å²) >= 11 is 5.93. The van der Waals surface area contributed by atoms with E-state index in [0.29, 0.717) is 29.2 Å². The highest BCUT2D eigenvalue weighted by molar-refractivity contribution is 6.30. The zero-order valence-corrected chi connectivity index (χ0v) is 18.7. The number of aromatic nitrogens is 1. The summed E-state index contributed by atoms with van der Waals surface area (Å²) in [5, 5.41) is 3.39. The van der Waals surface area contributed by atoms with E-state index in [-0.39, 0.29) is 37.4 Å². The van der Waals surface area contributed by atoms with Crippen LogP contribution in [0, 0.1) is 0 Å². The number of amides is 3. The molecular weight excluding hydrogens is 440 g/mol. The number of halogens is 1. The summed E-state index contributed by atoms with van der Waals surface area (Å²) in [5.41, 5.74) is 2.90. The lowest BCUT2D eigenvalue weighted by atomic mass is 10.1. The van der Waals surface area contributed by atoms with E-state index in [1.165, 1.54) is 9.80 Å². The highest BCUT2D eigenvalue weighted by Gasteiger charge is 2.30. The minimum absolute atomic E-state index is 0.119. The summed E-state index contributed by atoms with van der Waals surface area (Å²) in [4.78, 5) is 45.8. The Hall–Kier alpha value is -3.71. The van der Waals surface area contributed by atoms with E-state index in [2.05, 4.69) is 10.3 Å². The molecule has 0 atom stereocenters. The van der Waals surface area contributed by atoms with Gasteiger partial charge in [-0.2, -0.15) is 0 Å². The summed E-state index contributed by atoms with van der Waals surface area (Å²) in [6.45, 7) is 0.461. The number of benzene rings is 2. The Morgan fingerprint density at radius 2 is 1.79 bits per heavy atom.